The van der Waals surface area contributed by atoms with Gasteiger partial charge in [0.05, 0.1) is 7.11 Å². The van der Waals surface area contributed by atoms with Crippen LogP contribution in [0.5, 0.6) is 0 Å². The minimum Gasteiger partial charge on any atom is -0.467 e. The Bertz CT molecular complexity index is 611. The maximum atomic E-state index is 11.5. The summed E-state index contributed by atoms with van der Waals surface area (Å²) in [6, 6.07) is 6.78. The van der Waals surface area contributed by atoms with Gasteiger partial charge in [0.1, 0.15) is 11.6 Å². The molecule has 6 nitrogen and oxygen atoms in total. The molecule has 0 fully saturated rings. The van der Waals surface area contributed by atoms with Gasteiger partial charge < -0.3 is 14.5 Å². The van der Waals surface area contributed by atoms with Crippen molar-refractivity contribution in [3.63, 3.8) is 0 Å². The number of fused-ring (bicyclic) bond motifs is 1. The smallest absolute Gasteiger partial charge is 0.329 e. The van der Waals surface area contributed by atoms with Crippen molar-refractivity contribution in [1.82, 2.24) is 10.3 Å². The third-order valence-corrected chi connectivity index (χ3v) is 4.60. The summed E-state index contributed by atoms with van der Waals surface area (Å²) in [5.41, 5.74) is 1.50. The third-order valence-electron chi connectivity index (χ3n) is 2.50. The first-order chi connectivity index (χ1) is 10.1. The fourth-order valence-corrected chi connectivity index (χ4v) is 3.51. The lowest BCUT2D eigenvalue weighted by atomic mass is 10.3. The van der Waals surface area contributed by atoms with E-state index in [2.05, 4.69) is 15.0 Å². The standard InChI is InChI=1S/C13H14N2O4S2/c1-8(16)14-10(12(17)18-2)7-20-21-13-15-9-5-3-4-6-11(9)19-13/h3-6,10H,7H2,1-2H3,(H,14,16)/t10-/m0/s1. The lowest BCUT2D eigenvalue weighted by Gasteiger charge is -2.13. The van der Waals surface area contributed by atoms with Gasteiger partial charge in [0.25, 0.3) is 5.22 Å². The number of amides is 1. The van der Waals surface area contributed by atoms with E-state index in [0.29, 0.717) is 16.6 Å². The predicted molar refractivity (Wildman–Crippen MR) is 81.9 cm³/mol. The Morgan fingerprint density at radius 1 is 1.43 bits per heavy atom. The van der Waals surface area contributed by atoms with Gasteiger partial charge in [0.2, 0.25) is 5.91 Å². The van der Waals surface area contributed by atoms with E-state index in [1.165, 1.54) is 35.6 Å². The van der Waals surface area contributed by atoms with E-state index >= 15 is 0 Å². The Labute approximate surface area is 129 Å². The highest BCUT2D eigenvalue weighted by molar-refractivity contribution is 8.76. The second-order valence-electron chi connectivity index (χ2n) is 4.09. The number of nitrogens with zero attached hydrogens (tertiary/aromatic N) is 1. The van der Waals surface area contributed by atoms with Gasteiger partial charge in [-0.1, -0.05) is 22.9 Å². The van der Waals surface area contributed by atoms with Crippen LogP contribution in [0.25, 0.3) is 11.1 Å². The van der Waals surface area contributed by atoms with Crippen LogP contribution >= 0.6 is 21.6 Å². The Morgan fingerprint density at radius 3 is 2.86 bits per heavy atom. The summed E-state index contributed by atoms with van der Waals surface area (Å²) in [7, 11) is 3.96. The van der Waals surface area contributed by atoms with E-state index in [0.717, 1.165) is 5.52 Å². The Balaban J connectivity index is 1.92. The molecule has 1 N–H and O–H groups in total. The number of oxazole rings is 1. The lowest BCUT2D eigenvalue weighted by Crippen LogP contribution is -2.42. The molecule has 1 atom stereocenters. The van der Waals surface area contributed by atoms with Crippen molar-refractivity contribution in [2.45, 2.75) is 18.2 Å². The van der Waals surface area contributed by atoms with Gasteiger partial charge in [-0.25, -0.2) is 9.78 Å². The molecule has 1 heterocycles. The van der Waals surface area contributed by atoms with Gasteiger partial charge in [-0.05, 0) is 12.1 Å². The molecule has 0 spiro atoms. The van der Waals surface area contributed by atoms with Crippen molar-refractivity contribution < 1.29 is 18.7 Å². The minimum absolute atomic E-state index is 0.280. The first-order valence-corrected chi connectivity index (χ1v) is 8.42. The quantitative estimate of drug-likeness (QED) is 0.644. The van der Waals surface area contributed by atoms with Crippen molar-refractivity contribution in [3.8, 4) is 0 Å². The van der Waals surface area contributed by atoms with Crippen molar-refractivity contribution in [2.24, 2.45) is 0 Å². The lowest BCUT2D eigenvalue weighted by molar-refractivity contribution is -0.144. The molecule has 0 unspecified atom stereocenters. The first-order valence-electron chi connectivity index (χ1n) is 6.10. The van der Waals surface area contributed by atoms with Gasteiger partial charge in [-0.15, -0.1) is 0 Å². The van der Waals surface area contributed by atoms with Crippen molar-refractivity contribution in [1.29, 1.82) is 0 Å². The van der Waals surface area contributed by atoms with E-state index < -0.39 is 12.0 Å². The van der Waals surface area contributed by atoms with Gasteiger partial charge >= 0.3 is 5.97 Å². The molecule has 0 saturated heterocycles. The van der Waals surface area contributed by atoms with Gasteiger partial charge in [0.15, 0.2) is 5.58 Å². The number of hydrogen-bond acceptors (Lipinski definition) is 7. The molecule has 1 aromatic carbocycles. The zero-order valence-electron chi connectivity index (χ0n) is 11.5. The van der Waals surface area contributed by atoms with Gasteiger partial charge in [0, 0.05) is 23.5 Å². The molecule has 112 valence electrons. The number of carbonyl (C=O) groups is 2. The van der Waals surface area contributed by atoms with Crippen LogP contribution in [0.2, 0.25) is 0 Å². The Hall–Kier alpha value is -1.67. The monoisotopic (exact) mass is 326 g/mol. The molecule has 1 aromatic heterocycles. The Kier molecular flexibility index (Phi) is 5.51. The number of para-hydroxylation sites is 2. The molecule has 0 aliphatic rings. The highest BCUT2D eigenvalue weighted by Crippen LogP contribution is 2.32. The molecule has 0 aliphatic heterocycles. The molecule has 0 radical (unpaired) electrons. The van der Waals surface area contributed by atoms with Crippen LogP contribution < -0.4 is 5.32 Å². The van der Waals surface area contributed by atoms with Crippen LogP contribution in [0.4, 0.5) is 0 Å². The predicted octanol–water partition coefficient (Wildman–Crippen LogP) is 2.25. The first kappa shape index (κ1) is 15.7. The van der Waals surface area contributed by atoms with E-state index in [1.807, 2.05) is 24.3 Å². The summed E-state index contributed by atoms with van der Waals surface area (Å²) in [5, 5.41) is 3.05. The van der Waals surface area contributed by atoms with Gasteiger partial charge in [-0.2, -0.15) is 0 Å². The zero-order valence-corrected chi connectivity index (χ0v) is 13.1. The molecule has 0 bridgehead atoms. The summed E-state index contributed by atoms with van der Waals surface area (Å²) in [6.45, 7) is 1.36. The summed E-state index contributed by atoms with van der Waals surface area (Å²) >= 11 is 0. The Morgan fingerprint density at radius 2 is 2.19 bits per heavy atom. The highest BCUT2D eigenvalue weighted by Gasteiger charge is 2.20. The van der Waals surface area contributed by atoms with E-state index in [4.69, 9.17) is 4.42 Å². The van der Waals surface area contributed by atoms with Crippen LogP contribution in [0.3, 0.4) is 0 Å². The zero-order chi connectivity index (χ0) is 15.2. The molecule has 2 aromatic rings. The molecule has 1 amide bonds. The topological polar surface area (TPSA) is 81.4 Å². The van der Waals surface area contributed by atoms with Crippen LogP contribution in [0.15, 0.2) is 33.9 Å². The van der Waals surface area contributed by atoms with Crippen molar-refractivity contribution >= 4 is 44.6 Å². The van der Waals surface area contributed by atoms with E-state index in [-0.39, 0.29) is 5.91 Å². The average Bonchev–Trinajstić information content (AvgIpc) is 2.87. The number of carbonyl (C=O) groups excluding carboxylic acids is 2. The van der Waals surface area contributed by atoms with Crippen molar-refractivity contribution in [3.05, 3.63) is 24.3 Å². The molecule has 8 heteroatoms. The molecular weight excluding hydrogens is 312 g/mol. The maximum absolute atomic E-state index is 11.5. The molecular formula is C13H14N2O4S2. The molecule has 2 rings (SSSR count). The van der Waals surface area contributed by atoms with Crippen LogP contribution in [0.1, 0.15) is 6.92 Å². The minimum atomic E-state index is -0.686. The number of methoxy groups -OCH3 is 1. The molecule has 21 heavy (non-hydrogen) atoms. The normalized spacial score (nSPS) is 12.1. The summed E-state index contributed by atoms with van der Waals surface area (Å²) in [6.07, 6.45) is 0. The van der Waals surface area contributed by atoms with Gasteiger partial charge in [-0.3, -0.25) is 4.79 Å². The van der Waals surface area contributed by atoms with E-state index in [1.54, 1.807) is 0 Å². The van der Waals surface area contributed by atoms with Crippen LogP contribution in [-0.2, 0) is 14.3 Å². The number of benzene rings is 1. The number of nitrogens with one attached hydrogen (secondary N) is 1. The molecule has 0 saturated carbocycles. The number of hydrogen-bond donors (Lipinski definition) is 1. The number of aromatic nitrogens is 1. The number of ether oxygens (including phenoxy) is 1. The summed E-state index contributed by atoms with van der Waals surface area (Å²) < 4.78 is 10.2. The SMILES string of the molecule is COC(=O)[C@H](CSSc1nc2ccccc2o1)NC(C)=O. The number of esters is 1. The fraction of sp³-hybridized carbons (Fsp3) is 0.308. The van der Waals surface area contributed by atoms with E-state index in [9.17, 15) is 9.59 Å². The fourth-order valence-electron chi connectivity index (χ4n) is 1.60. The van der Waals surface area contributed by atoms with Crippen LogP contribution in [0, 0.1) is 0 Å². The number of rotatable bonds is 6. The third kappa shape index (κ3) is 4.40. The van der Waals surface area contributed by atoms with Crippen molar-refractivity contribution in [2.75, 3.05) is 12.9 Å². The summed E-state index contributed by atoms with van der Waals surface area (Å²) in [4.78, 5) is 26.9. The summed E-state index contributed by atoms with van der Waals surface area (Å²) in [5.74, 6) is -0.399. The maximum Gasteiger partial charge on any atom is 0.329 e. The average molecular weight is 326 g/mol. The molecule has 0 aliphatic carbocycles. The second-order valence-corrected chi connectivity index (χ2v) is 6.38. The highest BCUT2D eigenvalue weighted by atomic mass is 33.1. The van der Waals surface area contributed by atoms with Crippen LogP contribution in [-0.4, -0.2) is 35.8 Å². The largest absolute Gasteiger partial charge is 0.467 e. The second kappa shape index (κ2) is 7.37.